The Balaban J connectivity index is 5.50. The number of aliphatic carboxylic acids is 1. The van der Waals surface area contributed by atoms with Gasteiger partial charge in [0.2, 0.25) is 29.5 Å². The molecule has 34 heavy (non-hydrogen) atoms. The highest BCUT2D eigenvalue weighted by atomic mass is 16.4. The van der Waals surface area contributed by atoms with Gasteiger partial charge in [0, 0.05) is 6.42 Å². The van der Waals surface area contributed by atoms with Crippen molar-refractivity contribution in [3.05, 3.63) is 0 Å². The Hall–Kier alpha value is -3.30. The fourth-order valence-electron chi connectivity index (χ4n) is 2.79. The molecule has 0 bridgehead atoms. The summed E-state index contributed by atoms with van der Waals surface area (Å²) in [5.41, 5.74) is 21.3. The zero-order valence-corrected chi connectivity index (χ0v) is 19.0. The van der Waals surface area contributed by atoms with Gasteiger partial charge < -0.3 is 49.1 Å². The van der Waals surface area contributed by atoms with E-state index in [1.807, 2.05) is 0 Å². The van der Waals surface area contributed by atoms with E-state index in [-0.39, 0.29) is 19.3 Å². The second-order valence-electron chi connectivity index (χ2n) is 7.75. The van der Waals surface area contributed by atoms with Gasteiger partial charge in [-0.05, 0) is 39.2 Å². The van der Waals surface area contributed by atoms with Crippen molar-refractivity contribution in [1.82, 2.24) is 16.0 Å². The number of unbranched alkanes of at least 4 members (excludes halogenated alkanes) is 1. The molecule has 0 aromatic rings. The van der Waals surface area contributed by atoms with Crippen molar-refractivity contribution in [1.29, 1.82) is 0 Å². The number of amides is 5. The maximum Gasteiger partial charge on any atom is 0.328 e. The maximum absolute atomic E-state index is 12.8. The second-order valence-corrected chi connectivity index (χ2v) is 7.75. The predicted octanol–water partition coefficient (Wildman–Crippen LogP) is -4.50. The van der Waals surface area contributed by atoms with Gasteiger partial charge in [0.05, 0.1) is 18.6 Å². The second kappa shape index (κ2) is 15.5. The van der Waals surface area contributed by atoms with Crippen LogP contribution in [-0.4, -0.2) is 82.5 Å². The monoisotopic (exact) mass is 489 g/mol. The van der Waals surface area contributed by atoms with E-state index in [0.717, 1.165) is 0 Å². The number of carbonyl (C=O) groups is 6. The van der Waals surface area contributed by atoms with Gasteiger partial charge in [-0.2, -0.15) is 0 Å². The van der Waals surface area contributed by atoms with Crippen molar-refractivity contribution >= 4 is 35.5 Å². The Labute approximate surface area is 196 Å². The summed E-state index contributed by atoms with van der Waals surface area (Å²) in [5.74, 6) is -5.81. The summed E-state index contributed by atoms with van der Waals surface area (Å²) in [7, 11) is 0. The van der Waals surface area contributed by atoms with E-state index >= 15 is 0 Å². The molecule has 0 radical (unpaired) electrons. The summed E-state index contributed by atoms with van der Waals surface area (Å²) in [4.78, 5) is 71.3. The lowest BCUT2D eigenvalue weighted by molar-refractivity contribution is -0.145. The third-order valence-electron chi connectivity index (χ3n) is 4.70. The number of hydrogen-bond acceptors (Lipinski definition) is 9. The Bertz CT molecular complexity index is 746. The minimum atomic E-state index is -1.63. The standard InChI is InChI=1S/C19H35N7O8/c1-9(27)15(19(33)34)26-17(31)11(4-2-3-7-20)24-18(32)12(8-14(23)29)25-16(30)10(21)5-6-13(22)28/h9-12,15,27H,2-8,20-21H2,1H3,(H2,22,28)(H2,23,29)(H,24,32)(H,25,30)(H,26,31)(H,33,34). The molecule has 0 heterocycles. The molecule has 5 atom stereocenters. The van der Waals surface area contributed by atoms with Crippen LogP contribution >= 0.6 is 0 Å². The number of primary amides is 2. The highest BCUT2D eigenvalue weighted by Gasteiger charge is 2.32. The van der Waals surface area contributed by atoms with E-state index in [4.69, 9.17) is 28.0 Å². The third kappa shape index (κ3) is 12.1. The molecule has 5 unspecified atom stereocenters. The number of nitrogens with one attached hydrogen (secondary N) is 3. The molecule has 194 valence electrons. The highest BCUT2D eigenvalue weighted by molar-refractivity contribution is 5.96. The summed E-state index contributed by atoms with van der Waals surface area (Å²) in [6.45, 7) is 1.47. The molecule has 0 aromatic carbocycles. The summed E-state index contributed by atoms with van der Waals surface area (Å²) in [6.07, 6.45) is -1.41. The van der Waals surface area contributed by atoms with Gasteiger partial charge in [0.15, 0.2) is 6.04 Å². The van der Waals surface area contributed by atoms with Gasteiger partial charge in [-0.25, -0.2) is 4.79 Å². The summed E-state index contributed by atoms with van der Waals surface area (Å²) < 4.78 is 0. The molecule has 15 heteroatoms. The molecule has 0 rings (SSSR count). The van der Waals surface area contributed by atoms with E-state index in [0.29, 0.717) is 19.4 Å². The zero-order chi connectivity index (χ0) is 26.4. The molecule has 0 fully saturated rings. The van der Waals surface area contributed by atoms with Crippen LogP contribution in [0.5, 0.6) is 0 Å². The first-order chi connectivity index (χ1) is 15.8. The van der Waals surface area contributed by atoms with Crippen molar-refractivity contribution in [3.8, 4) is 0 Å². The fraction of sp³-hybridized carbons (Fsp3) is 0.684. The Morgan fingerprint density at radius 1 is 0.824 bits per heavy atom. The van der Waals surface area contributed by atoms with Gasteiger partial charge in [0.1, 0.15) is 12.1 Å². The Morgan fingerprint density at radius 3 is 1.85 bits per heavy atom. The molecule has 15 nitrogen and oxygen atoms in total. The largest absolute Gasteiger partial charge is 0.480 e. The maximum atomic E-state index is 12.8. The predicted molar refractivity (Wildman–Crippen MR) is 118 cm³/mol. The SMILES string of the molecule is CC(O)C(NC(=O)C(CCCCN)NC(=O)C(CC(N)=O)NC(=O)C(N)CCC(N)=O)C(=O)O. The molecule has 0 saturated heterocycles. The van der Waals surface area contributed by atoms with Crippen molar-refractivity contribution in [2.45, 2.75) is 75.7 Å². The number of carboxylic acid groups (broad SMARTS) is 1. The van der Waals surface area contributed by atoms with E-state index < -0.39 is 72.2 Å². The Morgan fingerprint density at radius 2 is 1.38 bits per heavy atom. The number of aliphatic hydroxyl groups excluding tert-OH is 1. The van der Waals surface area contributed by atoms with E-state index in [9.17, 15) is 33.9 Å². The van der Waals surface area contributed by atoms with E-state index in [2.05, 4.69) is 16.0 Å². The van der Waals surface area contributed by atoms with Crippen LogP contribution in [0.1, 0.15) is 45.4 Å². The normalized spacial score (nSPS) is 15.2. The number of hydrogen-bond donors (Lipinski definition) is 9. The molecule has 0 spiro atoms. The highest BCUT2D eigenvalue weighted by Crippen LogP contribution is 2.05. The van der Waals surface area contributed by atoms with E-state index in [1.54, 1.807) is 0 Å². The van der Waals surface area contributed by atoms with Crippen molar-refractivity contribution < 1.29 is 39.0 Å². The van der Waals surface area contributed by atoms with Crippen LogP contribution in [0.2, 0.25) is 0 Å². The smallest absolute Gasteiger partial charge is 0.328 e. The number of aliphatic hydroxyl groups is 1. The van der Waals surface area contributed by atoms with Crippen LogP contribution < -0.4 is 38.9 Å². The fourth-order valence-corrected chi connectivity index (χ4v) is 2.79. The molecule has 13 N–H and O–H groups in total. The zero-order valence-electron chi connectivity index (χ0n) is 19.0. The van der Waals surface area contributed by atoms with Crippen molar-refractivity contribution in [3.63, 3.8) is 0 Å². The van der Waals surface area contributed by atoms with E-state index in [1.165, 1.54) is 6.92 Å². The number of nitrogens with two attached hydrogens (primary N) is 4. The lowest BCUT2D eigenvalue weighted by Crippen LogP contribution is -2.58. The molecular formula is C19H35N7O8. The molecule has 0 aliphatic rings. The number of carbonyl (C=O) groups excluding carboxylic acids is 5. The summed E-state index contributed by atoms with van der Waals surface area (Å²) in [5, 5.41) is 25.5. The third-order valence-corrected chi connectivity index (χ3v) is 4.70. The van der Waals surface area contributed by atoms with Gasteiger partial charge in [-0.1, -0.05) is 0 Å². The lowest BCUT2D eigenvalue weighted by atomic mass is 10.1. The average Bonchev–Trinajstić information content (AvgIpc) is 2.73. The van der Waals surface area contributed by atoms with Crippen LogP contribution in [-0.2, 0) is 28.8 Å². The summed E-state index contributed by atoms with van der Waals surface area (Å²) in [6, 6.07) is -5.61. The molecule has 0 saturated carbocycles. The summed E-state index contributed by atoms with van der Waals surface area (Å²) >= 11 is 0. The first-order valence-electron chi connectivity index (χ1n) is 10.6. The lowest BCUT2D eigenvalue weighted by Gasteiger charge is -2.25. The topological polar surface area (TPSA) is 283 Å². The molecule has 5 amide bonds. The Kier molecular flexibility index (Phi) is 14.0. The minimum absolute atomic E-state index is 0.0519. The van der Waals surface area contributed by atoms with Crippen LogP contribution in [0.3, 0.4) is 0 Å². The molecular weight excluding hydrogens is 454 g/mol. The molecule has 0 aliphatic carbocycles. The van der Waals surface area contributed by atoms with Crippen LogP contribution in [0, 0.1) is 0 Å². The van der Waals surface area contributed by atoms with Crippen molar-refractivity contribution in [2.75, 3.05) is 6.54 Å². The van der Waals surface area contributed by atoms with Gasteiger partial charge in [-0.15, -0.1) is 0 Å². The van der Waals surface area contributed by atoms with Crippen molar-refractivity contribution in [2.24, 2.45) is 22.9 Å². The van der Waals surface area contributed by atoms with Gasteiger partial charge >= 0.3 is 5.97 Å². The van der Waals surface area contributed by atoms with Crippen LogP contribution in [0.15, 0.2) is 0 Å². The minimum Gasteiger partial charge on any atom is -0.480 e. The first-order valence-corrected chi connectivity index (χ1v) is 10.6. The molecule has 0 aromatic heterocycles. The molecule has 0 aliphatic heterocycles. The van der Waals surface area contributed by atoms with Crippen LogP contribution in [0.25, 0.3) is 0 Å². The van der Waals surface area contributed by atoms with Crippen LogP contribution in [0.4, 0.5) is 0 Å². The first kappa shape index (κ1) is 30.7. The van der Waals surface area contributed by atoms with Gasteiger partial charge in [0.25, 0.3) is 0 Å². The van der Waals surface area contributed by atoms with Gasteiger partial charge in [-0.3, -0.25) is 24.0 Å². The quantitative estimate of drug-likeness (QED) is 0.0882. The average molecular weight is 490 g/mol. The number of rotatable bonds is 17. The number of carboxylic acids is 1.